The smallest absolute Gasteiger partial charge is 0.0266 e. The first-order chi connectivity index (χ1) is 6.97. The molecule has 0 unspecified atom stereocenters. The van der Waals surface area contributed by atoms with Gasteiger partial charge in [0.25, 0.3) is 0 Å². The van der Waals surface area contributed by atoms with Crippen LogP contribution < -0.4 is 0 Å². The molecule has 3 saturated carbocycles. The van der Waals surface area contributed by atoms with E-state index in [1.54, 1.807) is 6.42 Å². The quantitative estimate of drug-likeness (QED) is 0.547. The first-order valence-corrected chi connectivity index (χ1v) is 6.97. The maximum Gasteiger partial charge on any atom is -0.0266 e. The lowest BCUT2D eigenvalue weighted by Crippen LogP contribution is -2.31. The third kappa shape index (κ3) is 1.09. The molecule has 0 aromatic heterocycles. The zero-order chi connectivity index (χ0) is 10.8. The molecule has 3 fully saturated rings. The van der Waals surface area contributed by atoms with Crippen molar-refractivity contribution >= 4 is 0 Å². The monoisotopic (exact) mass is 206 g/mol. The van der Waals surface area contributed by atoms with E-state index in [9.17, 15) is 0 Å². The second-order valence-corrected chi connectivity index (χ2v) is 7.51. The summed E-state index contributed by atoms with van der Waals surface area (Å²) < 4.78 is 0. The Bertz CT molecular complexity index is 278. The van der Waals surface area contributed by atoms with Crippen molar-refractivity contribution in [2.45, 2.75) is 59.8 Å². The van der Waals surface area contributed by atoms with Crippen LogP contribution >= 0.6 is 0 Å². The van der Waals surface area contributed by atoms with Gasteiger partial charge in [0.05, 0.1) is 0 Å². The summed E-state index contributed by atoms with van der Waals surface area (Å²) in [6, 6.07) is 0. The lowest BCUT2D eigenvalue weighted by atomic mass is 9.66. The minimum atomic E-state index is 0.633. The largest absolute Gasteiger partial charge is 0.0617 e. The van der Waals surface area contributed by atoms with Gasteiger partial charge >= 0.3 is 0 Å². The van der Waals surface area contributed by atoms with Crippen molar-refractivity contribution in [3.8, 4) is 0 Å². The molecule has 86 valence electrons. The minimum Gasteiger partial charge on any atom is -0.0617 e. The summed E-state index contributed by atoms with van der Waals surface area (Å²) in [5.74, 6) is 4.19. The van der Waals surface area contributed by atoms with E-state index in [2.05, 4.69) is 27.7 Å². The highest BCUT2D eigenvalue weighted by Gasteiger charge is 2.63. The molecule has 0 aromatic carbocycles. The Hall–Kier alpha value is 0. The topological polar surface area (TPSA) is 0 Å². The zero-order valence-corrected chi connectivity index (χ0v) is 10.8. The third-order valence-corrected chi connectivity index (χ3v) is 6.67. The van der Waals surface area contributed by atoms with Crippen molar-refractivity contribution in [2.24, 2.45) is 34.5 Å². The summed E-state index contributed by atoms with van der Waals surface area (Å²) in [5, 5.41) is 0. The molecule has 3 rings (SSSR count). The average molecular weight is 206 g/mol. The molecule has 0 N–H and O–H groups in total. The molecule has 4 bridgehead atoms. The van der Waals surface area contributed by atoms with Gasteiger partial charge < -0.3 is 0 Å². The van der Waals surface area contributed by atoms with E-state index >= 15 is 0 Å². The predicted octanol–water partition coefficient (Wildman–Crippen LogP) is 4.49. The molecule has 0 nitrogen and oxygen atoms in total. The van der Waals surface area contributed by atoms with Crippen LogP contribution in [0.15, 0.2) is 0 Å². The SMILES string of the molecule is C[C@@H]1[C@H]2CC[C@@H]3[C@@H]2C(C)(C)CCC[C@]13C. The van der Waals surface area contributed by atoms with Crippen LogP contribution in [0, 0.1) is 34.5 Å². The van der Waals surface area contributed by atoms with Gasteiger partial charge in [-0.2, -0.15) is 0 Å². The summed E-state index contributed by atoms with van der Waals surface area (Å²) in [4.78, 5) is 0. The van der Waals surface area contributed by atoms with E-state index in [0.717, 1.165) is 23.7 Å². The van der Waals surface area contributed by atoms with Crippen LogP contribution in [0.2, 0.25) is 0 Å². The van der Waals surface area contributed by atoms with Crippen LogP contribution in [-0.2, 0) is 0 Å². The summed E-state index contributed by atoms with van der Waals surface area (Å²) in [7, 11) is 0. The molecule has 0 aliphatic heterocycles. The minimum absolute atomic E-state index is 0.633. The fourth-order valence-electron chi connectivity index (χ4n) is 5.79. The zero-order valence-electron chi connectivity index (χ0n) is 10.8. The van der Waals surface area contributed by atoms with Gasteiger partial charge in [-0.15, -0.1) is 0 Å². The molecule has 3 aliphatic carbocycles. The summed E-state index contributed by atoms with van der Waals surface area (Å²) in [6.45, 7) is 10.3. The van der Waals surface area contributed by atoms with Crippen molar-refractivity contribution in [2.75, 3.05) is 0 Å². The van der Waals surface area contributed by atoms with E-state index in [-0.39, 0.29) is 0 Å². The van der Waals surface area contributed by atoms with Crippen LogP contribution in [0.25, 0.3) is 0 Å². The Kier molecular flexibility index (Phi) is 1.91. The Morgan fingerprint density at radius 1 is 1.00 bits per heavy atom. The van der Waals surface area contributed by atoms with E-state index in [0.29, 0.717) is 10.8 Å². The van der Waals surface area contributed by atoms with Crippen molar-refractivity contribution in [3.63, 3.8) is 0 Å². The van der Waals surface area contributed by atoms with E-state index in [1.807, 2.05) is 0 Å². The van der Waals surface area contributed by atoms with Gasteiger partial charge in [-0.25, -0.2) is 0 Å². The van der Waals surface area contributed by atoms with Gasteiger partial charge in [0.2, 0.25) is 0 Å². The molecule has 0 saturated heterocycles. The molecule has 0 amide bonds. The lowest BCUT2D eigenvalue weighted by Gasteiger charge is -2.39. The van der Waals surface area contributed by atoms with E-state index in [4.69, 9.17) is 0 Å². The van der Waals surface area contributed by atoms with Gasteiger partial charge in [-0.1, -0.05) is 34.1 Å². The van der Waals surface area contributed by atoms with Crippen molar-refractivity contribution in [1.82, 2.24) is 0 Å². The molecule has 0 heteroatoms. The Labute approximate surface area is 94.8 Å². The summed E-state index contributed by atoms with van der Waals surface area (Å²) in [6.07, 6.45) is 7.55. The molecule has 0 radical (unpaired) electrons. The molecule has 0 aromatic rings. The normalized spacial score (nSPS) is 56.8. The van der Waals surface area contributed by atoms with Crippen LogP contribution in [0.5, 0.6) is 0 Å². The first-order valence-electron chi connectivity index (χ1n) is 6.97. The van der Waals surface area contributed by atoms with Crippen molar-refractivity contribution in [1.29, 1.82) is 0 Å². The van der Waals surface area contributed by atoms with Crippen LogP contribution in [0.4, 0.5) is 0 Å². The number of rotatable bonds is 0. The Morgan fingerprint density at radius 2 is 1.73 bits per heavy atom. The highest BCUT2D eigenvalue weighted by molar-refractivity contribution is 5.11. The summed E-state index contributed by atoms with van der Waals surface area (Å²) >= 11 is 0. The first kappa shape index (κ1) is 10.2. The lowest BCUT2D eigenvalue weighted by molar-refractivity contribution is 0.0997. The van der Waals surface area contributed by atoms with Gasteiger partial charge in [0.1, 0.15) is 0 Å². The number of hydrogen-bond donors (Lipinski definition) is 0. The molecule has 3 aliphatic rings. The van der Waals surface area contributed by atoms with Crippen molar-refractivity contribution in [3.05, 3.63) is 0 Å². The summed E-state index contributed by atoms with van der Waals surface area (Å²) in [5.41, 5.74) is 1.34. The highest BCUT2D eigenvalue weighted by Crippen LogP contribution is 2.70. The van der Waals surface area contributed by atoms with Gasteiger partial charge in [-0.05, 0) is 60.2 Å². The second kappa shape index (κ2) is 2.81. The van der Waals surface area contributed by atoms with Crippen molar-refractivity contribution < 1.29 is 0 Å². The van der Waals surface area contributed by atoms with Gasteiger partial charge in [-0.3, -0.25) is 0 Å². The highest BCUT2D eigenvalue weighted by atomic mass is 14.7. The Morgan fingerprint density at radius 3 is 2.47 bits per heavy atom. The molecule has 15 heavy (non-hydrogen) atoms. The van der Waals surface area contributed by atoms with Crippen LogP contribution in [-0.4, -0.2) is 0 Å². The fraction of sp³-hybridized carbons (Fsp3) is 1.00. The van der Waals surface area contributed by atoms with Crippen LogP contribution in [0.3, 0.4) is 0 Å². The maximum atomic E-state index is 2.61. The predicted molar refractivity (Wildman–Crippen MR) is 64.6 cm³/mol. The average Bonchev–Trinajstić information content (AvgIpc) is 2.63. The standard InChI is InChI=1S/C15H26/c1-10-11-6-7-12-13(11)14(2,3)8-5-9-15(10,12)4/h10-13H,5-9H2,1-4H3/t10-,11-,12-,13-,15-/m1/s1. The molecular weight excluding hydrogens is 180 g/mol. The molecule has 0 spiro atoms. The second-order valence-electron chi connectivity index (χ2n) is 7.51. The Balaban J connectivity index is 2.06. The molecular formula is C15H26. The van der Waals surface area contributed by atoms with Crippen LogP contribution in [0.1, 0.15) is 59.8 Å². The van der Waals surface area contributed by atoms with Gasteiger partial charge in [0, 0.05) is 0 Å². The van der Waals surface area contributed by atoms with E-state index in [1.165, 1.54) is 25.7 Å². The fourth-order valence-corrected chi connectivity index (χ4v) is 5.79. The molecule has 0 heterocycles. The maximum absolute atomic E-state index is 2.61. The van der Waals surface area contributed by atoms with E-state index < -0.39 is 0 Å². The molecule has 5 atom stereocenters. The van der Waals surface area contributed by atoms with Gasteiger partial charge in [0.15, 0.2) is 0 Å². The number of hydrogen-bond acceptors (Lipinski definition) is 0. The third-order valence-electron chi connectivity index (χ3n) is 6.67.